The molecule has 138 valence electrons. The van der Waals surface area contributed by atoms with Crippen molar-refractivity contribution >= 4 is 0 Å². The molecule has 0 amide bonds. The van der Waals surface area contributed by atoms with E-state index >= 15 is 0 Å². The summed E-state index contributed by atoms with van der Waals surface area (Å²) >= 11 is 0. The Morgan fingerprint density at radius 3 is 2.16 bits per heavy atom. The van der Waals surface area contributed by atoms with E-state index in [0.717, 1.165) is 36.2 Å². The summed E-state index contributed by atoms with van der Waals surface area (Å²) in [4.78, 5) is 0. The Kier molecular flexibility index (Phi) is 6.63. The summed E-state index contributed by atoms with van der Waals surface area (Å²) in [6.07, 6.45) is 14.5. The molecule has 0 spiro atoms. The first-order valence-electron chi connectivity index (χ1n) is 9.78. The summed E-state index contributed by atoms with van der Waals surface area (Å²) in [5.74, 6) is 1.36. The Morgan fingerprint density at radius 2 is 1.56 bits per heavy atom. The highest BCUT2D eigenvalue weighted by atomic mass is 19.2. The molecule has 0 bridgehead atoms. The highest BCUT2D eigenvalue weighted by Gasteiger charge is 2.30. The lowest BCUT2D eigenvalue weighted by atomic mass is 9.68. The van der Waals surface area contributed by atoms with E-state index in [0.29, 0.717) is 12.5 Å². The van der Waals surface area contributed by atoms with E-state index in [2.05, 4.69) is 12.2 Å². The smallest absolute Gasteiger partial charge is 0.159 e. The maximum absolute atomic E-state index is 13.5. The minimum atomic E-state index is -0.742. The van der Waals surface area contributed by atoms with Gasteiger partial charge in [-0.3, -0.25) is 0 Å². The summed E-state index contributed by atoms with van der Waals surface area (Å²) in [5, 5.41) is 0. The van der Waals surface area contributed by atoms with Crippen molar-refractivity contribution in [1.29, 1.82) is 0 Å². The van der Waals surface area contributed by atoms with Gasteiger partial charge in [0.05, 0.1) is 6.61 Å². The predicted octanol–water partition coefficient (Wildman–Crippen LogP) is 6.25. The zero-order valence-electron chi connectivity index (χ0n) is 15.2. The SMILES string of the molecule is COC/C=C/C1CCC(C2CCC(c3ccc(F)c(F)c3)CC2)CC1. The van der Waals surface area contributed by atoms with Gasteiger partial charge in [0.2, 0.25) is 0 Å². The molecule has 3 heteroatoms. The van der Waals surface area contributed by atoms with Gasteiger partial charge in [-0.2, -0.15) is 0 Å². The van der Waals surface area contributed by atoms with Crippen molar-refractivity contribution in [1.82, 2.24) is 0 Å². The lowest BCUT2D eigenvalue weighted by Gasteiger charge is -2.37. The Labute approximate surface area is 150 Å². The van der Waals surface area contributed by atoms with Crippen molar-refractivity contribution in [3.05, 3.63) is 47.5 Å². The van der Waals surface area contributed by atoms with E-state index in [9.17, 15) is 8.78 Å². The molecular weight excluding hydrogens is 318 g/mol. The quantitative estimate of drug-likeness (QED) is 0.572. The average molecular weight is 348 g/mol. The topological polar surface area (TPSA) is 9.23 Å². The second kappa shape index (κ2) is 8.93. The minimum absolute atomic E-state index is 0.402. The van der Waals surface area contributed by atoms with E-state index in [-0.39, 0.29) is 0 Å². The van der Waals surface area contributed by atoms with Gasteiger partial charge in [-0.15, -0.1) is 0 Å². The van der Waals surface area contributed by atoms with Crippen LogP contribution < -0.4 is 0 Å². The number of halogens is 2. The zero-order chi connectivity index (χ0) is 17.6. The van der Waals surface area contributed by atoms with Gasteiger partial charge in [0.1, 0.15) is 0 Å². The highest BCUT2D eigenvalue weighted by Crippen LogP contribution is 2.44. The summed E-state index contributed by atoms with van der Waals surface area (Å²) in [7, 11) is 1.73. The highest BCUT2D eigenvalue weighted by molar-refractivity contribution is 5.22. The molecule has 0 radical (unpaired) electrons. The molecule has 0 atom stereocenters. The van der Waals surface area contributed by atoms with Gasteiger partial charge in [0.15, 0.2) is 11.6 Å². The molecule has 1 nitrogen and oxygen atoms in total. The van der Waals surface area contributed by atoms with E-state index in [4.69, 9.17) is 4.74 Å². The molecule has 1 aromatic rings. The third kappa shape index (κ3) is 4.91. The van der Waals surface area contributed by atoms with Crippen LogP contribution in [0.3, 0.4) is 0 Å². The number of benzene rings is 1. The van der Waals surface area contributed by atoms with Crippen LogP contribution in [0.5, 0.6) is 0 Å². The van der Waals surface area contributed by atoms with Crippen molar-refractivity contribution in [3.8, 4) is 0 Å². The van der Waals surface area contributed by atoms with Gasteiger partial charge >= 0.3 is 0 Å². The van der Waals surface area contributed by atoms with E-state index in [1.165, 1.54) is 50.7 Å². The van der Waals surface area contributed by atoms with Crippen molar-refractivity contribution in [2.24, 2.45) is 17.8 Å². The number of hydrogen-bond acceptors (Lipinski definition) is 1. The fraction of sp³-hybridized carbons (Fsp3) is 0.636. The number of rotatable bonds is 5. The lowest BCUT2D eigenvalue weighted by molar-refractivity contribution is 0.171. The molecule has 1 aromatic carbocycles. The monoisotopic (exact) mass is 348 g/mol. The van der Waals surface area contributed by atoms with Crippen LogP contribution in [0.25, 0.3) is 0 Å². The lowest BCUT2D eigenvalue weighted by Crippen LogP contribution is -2.25. The number of ether oxygens (including phenoxy) is 1. The molecule has 0 saturated heterocycles. The van der Waals surface area contributed by atoms with Crippen LogP contribution in [0, 0.1) is 29.4 Å². The first-order chi connectivity index (χ1) is 12.2. The molecule has 2 saturated carbocycles. The predicted molar refractivity (Wildman–Crippen MR) is 97.5 cm³/mol. The molecular formula is C22H30F2O. The average Bonchev–Trinajstić information content (AvgIpc) is 2.65. The number of methoxy groups -OCH3 is 1. The Hall–Kier alpha value is -1.22. The molecule has 0 heterocycles. The van der Waals surface area contributed by atoms with Crippen LogP contribution in [0.15, 0.2) is 30.4 Å². The summed E-state index contributed by atoms with van der Waals surface area (Å²) < 4.78 is 31.7. The third-order valence-corrected chi connectivity index (χ3v) is 6.34. The molecule has 0 N–H and O–H groups in total. The van der Waals surface area contributed by atoms with Gasteiger partial charge in [-0.05, 0) is 92.7 Å². The van der Waals surface area contributed by atoms with Gasteiger partial charge in [0.25, 0.3) is 0 Å². The first kappa shape index (κ1) is 18.6. The Morgan fingerprint density at radius 1 is 0.920 bits per heavy atom. The van der Waals surface area contributed by atoms with E-state index < -0.39 is 11.6 Å². The van der Waals surface area contributed by atoms with Crippen molar-refractivity contribution in [2.75, 3.05) is 13.7 Å². The molecule has 0 unspecified atom stereocenters. The first-order valence-corrected chi connectivity index (χ1v) is 9.78. The van der Waals surface area contributed by atoms with Gasteiger partial charge in [-0.25, -0.2) is 8.78 Å². The fourth-order valence-electron chi connectivity index (χ4n) is 4.84. The molecule has 25 heavy (non-hydrogen) atoms. The number of hydrogen-bond donors (Lipinski definition) is 0. The van der Waals surface area contributed by atoms with Crippen LogP contribution in [0.2, 0.25) is 0 Å². The van der Waals surface area contributed by atoms with Crippen molar-refractivity contribution < 1.29 is 13.5 Å². The largest absolute Gasteiger partial charge is 0.381 e. The van der Waals surface area contributed by atoms with Gasteiger partial charge < -0.3 is 4.74 Å². The molecule has 2 aliphatic rings. The van der Waals surface area contributed by atoms with E-state index in [1.807, 2.05) is 0 Å². The molecule has 0 aromatic heterocycles. The standard InChI is InChI=1S/C22H30F2O/c1-25-14-2-3-16-4-6-17(7-5-16)18-8-10-19(11-9-18)20-12-13-21(23)22(24)15-20/h2-3,12-13,15-19H,4-11,14H2,1H3/b3-2+. The summed E-state index contributed by atoms with van der Waals surface area (Å²) in [5.41, 5.74) is 0.976. The zero-order valence-corrected chi connectivity index (χ0v) is 15.2. The normalized spacial score (nSPS) is 30.7. The van der Waals surface area contributed by atoms with Crippen LogP contribution in [0.4, 0.5) is 8.78 Å². The Bertz CT molecular complexity index is 567. The minimum Gasteiger partial charge on any atom is -0.381 e. The summed E-state index contributed by atoms with van der Waals surface area (Å²) in [6, 6.07) is 4.44. The van der Waals surface area contributed by atoms with Gasteiger partial charge in [0, 0.05) is 7.11 Å². The van der Waals surface area contributed by atoms with Gasteiger partial charge in [-0.1, -0.05) is 18.2 Å². The van der Waals surface area contributed by atoms with Crippen LogP contribution in [-0.4, -0.2) is 13.7 Å². The molecule has 2 aliphatic carbocycles. The molecule has 2 fully saturated rings. The molecule has 0 aliphatic heterocycles. The maximum atomic E-state index is 13.5. The van der Waals surface area contributed by atoms with Crippen molar-refractivity contribution in [2.45, 2.75) is 57.3 Å². The fourth-order valence-corrected chi connectivity index (χ4v) is 4.84. The number of allylic oxidation sites excluding steroid dienone is 1. The third-order valence-electron chi connectivity index (χ3n) is 6.34. The Balaban J connectivity index is 1.46. The van der Waals surface area contributed by atoms with Crippen LogP contribution in [0.1, 0.15) is 62.8 Å². The second-order valence-corrected chi connectivity index (χ2v) is 7.84. The summed E-state index contributed by atoms with van der Waals surface area (Å²) in [6.45, 7) is 0.716. The van der Waals surface area contributed by atoms with Crippen LogP contribution >= 0.6 is 0 Å². The van der Waals surface area contributed by atoms with Crippen LogP contribution in [-0.2, 0) is 4.74 Å². The van der Waals surface area contributed by atoms with Crippen molar-refractivity contribution in [3.63, 3.8) is 0 Å². The molecule has 3 rings (SSSR count). The second-order valence-electron chi connectivity index (χ2n) is 7.84. The van der Waals surface area contributed by atoms with E-state index in [1.54, 1.807) is 13.2 Å². The maximum Gasteiger partial charge on any atom is 0.159 e.